The van der Waals surface area contributed by atoms with E-state index in [0.29, 0.717) is 25.3 Å². The van der Waals surface area contributed by atoms with Gasteiger partial charge in [-0.25, -0.2) is 0 Å². The number of nitrogens with zero attached hydrogens (tertiary/aromatic N) is 3. The van der Waals surface area contributed by atoms with Gasteiger partial charge in [-0.1, -0.05) is 17.7 Å². The maximum absolute atomic E-state index is 12.3. The lowest BCUT2D eigenvalue weighted by atomic mass is 9.90. The van der Waals surface area contributed by atoms with Gasteiger partial charge in [0.1, 0.15) is 12.2 Å². The fourth-order valence-corrected chi connectivity index (χ4v) is 4.04. The fraction of sp³-hybridized carbons (Fsp3) is 0.455. The van der Waals surface area contributed by atoms with Crippen molar-refractivity contribution in [2.45, 2.75) is 45.4 Å². The van der Waals surface area contributed by atoms with E-state index in [1.54, 1.807) is 4.90 Å². The number of hydrogen-bond acceptors (Lipinski definition) is 4. The number of allylic oxidation sites excluding steroid dienone is 1. The second-order valence-electron chi connectivity index (χ2n) is 7.70. The number of amides is 1. The highest BCUT2D eigenvalue weighted by Crippen LogP contribution is 2.35. The molecule has 2 heterocycles. The number of carbonyl (C=O) groups is 2. The molecule has 3 aliphatic rings. The molecule has 0 aromatic carbocycles. The number of carbonyl (C=O) groups excluding carboxylic acids is 2. The minimum atomic E-state index is -0.105. The molecule has 0 atom stereocenters. The molecule has 1 fully saturated rings. The molecule has 5 nitrogen and oxygen atoms in total. The summed E-state index contributed by atoms with van der Waals surface area (Å²) >= 11 is 0. The molecule has 0 bridgehead atoms. The van der Waals surface area contributed by atoms with Crippen molar-refractivity contribution in [2.75, 3.05) is 13.1 Å². The summed E-state index contributed by atoms with van der Waals surface area (Å²) in [4.78, 5) is 30.8. The number of fused-ring (bicyclic) bond motifs is 1. The summed E-state index contributed by atoms with van der Waals surface area (Å²) in [6, 6.07) is 4.02. The van der Waals surface area contributed by atoms with Crippen molar-refractivity contribution in [3.05, 3.63) is 40.2 Å². The molecule has 4 rings (SSSR count). The molecule has 5 heteroatoms. The van der Waals surface area contributed by atoms with Crippen LogP contribution in [0, 0.1) is 17.2 Å². The minimum absolute atomic E-state index is 0.0660. The van der Waals surface area contributed by atoms with Gasteiger partial charge < -0.3 is 4.90 Å². The van der Waals surface area contributed by atoms with Gasteiger partial charge in [0.2, 0.25) is 5.91 Å². The Balaban J connectivity index is 1.64. The van der Waals surface area contributed by atoms with Gasteiger partial charge in [0.15, 0.2) is 0 Å². The molecule has 138 valence electrons. The molecular formula is C22H23N3O2. The van der Waals surface area contributed by atoms with Crippen LogP contribution in [-0.4, -0.2) is 34.7 Å². The van der Waals surface area contributed by atoms with Gasteiger partial charge in [-0.2, -0.15) is 5.26 Å². The largest absolute Gasteiger partial charge is 0.337 e. The summed E-state index contributed by atoms with van der Waals surface area (Å²) in [6.45, 7) is 3.25. The summed E-state index contributed by atoms with van der Waals surface area (Å²) in [7, 11) is 0. The molecule has 27 heavy (non-hydrogen) atoms. The number of pyridine rings is 1. The molecule has 0 radical (unpaired) electrons. The zero-order valence-electron chi connectivity index (χ0n) is 15.6. The molecule has 1 aliphatic heterocycles. The molecular weight excluding hydrogens is 338 g/mol. The number of rotatable bonds is 5. The zero-order chi connectivity index (χ0) is 19.0. The van der Waals surface area contributed by atoms with Crippen molar-refractivity contribution < 1.29 is 9.59 Å². The first-order valence-electron chi connectivity index (χ1n) is 9.62. The van der Waals surface area contributed by atoms with Crippen LogP contribution in [0.4, 0.5) is 0 Å². The Morgan fingerprint density at radius 1 is 1.37 bits per heavy atom. The molecule has 0 unspecified atom stereocenters. The van der Waals surface area contributed by atoms with Crippen molar-refractivity contribution in [3.63, 3.8) is 0 Å². The van der Waals surface area contributed by atoms with Gasteiger partial charge in [-0.3, -0.25) is 14.6 Å². The summed E-state index contributed by atoms with van der Waals surface area (Å²) in [5.74, 6) is 0.449. The molecule has 2 aliphatic carbocycles. The van der Waals surface area contributed by atoms with Gasteiger partial charge >= 0.3 is 0 Å². The maximum atomic E-state index is 12.3. The predicted molar refractivity (Wildman–Crippen MR) is 102 cm³/mol. The van der Waals surface area contributed by atoms with Gasteiger partial charge in [-0.05, 0) is 43.4 Å². The van der Waals surface area contributed by atoms with E-state index in [4.69, 9.17) is 10.2 Å². The van der Waals surface area contributed by atoms with E-state index in [9.17, 15) is 9.59 Å². The third-order valence-electron chi connectivity index (χ3n) is 5.66. The van der Waals surface area contributed by atoms with Crippen molar-refractivity contribution in [1.29, 1.82) is 5.26 Å². The fourth-order valence-electron chi connectivity index (χ4n) is 4.04. The van der Waals surface area contributed by atoms with Gasteiger partial charge in [0, 0.05) is 43.1 Å². The highest BCUT2D eigenvalue weighted by Gasteiger charge is 2.30. The van der Waals surface area contributed by atoms with E-state index in [0.717, 1.165) is 53.8 Å². The molecule has 1 saturated carbocycles. The van der Waals surface area contributed by atoms with E-state index in [1.807, 2.05) is 6.07 Å². The first kappa shape index (κ1) is 17.7. The van der Waals surface area contributed by atoms with Crippen molar-refractivity contribution in [2.24, 2.45) is 5.92 Å². The van der Waals surface area contributed by atoms with Crippen LogP contribution < -0.4 is 0 Å². The summed E-state index contributed by atoms with van der Waals surface area (Å²) in [5.41, 5.74) is 6.64. The van der Waals surface area contributed by atoms with Crippen LogP contribution in [0.1, 0.15) is 55.1 Å². The smallest absolute Gasteiger partial charge is 0.237 e. The van der Waals surface area contributed by atoms with Crippen LogP contribution in [0.5, 0.6) is 0 Å². The average Bonchev–Trinajstić information content (AvgIpc) is 3.40. The Morgan fingerprint density at radius 3 is 2.89 bits per heavy atom. The van der Waals surface area contributed by atoms with Gasteiger partial charge in [0.05, 0.1) is 11.8 Å². The van der Waals surface area contributed by atoms with Crippen LogP contribution in [0.25, 0.3) is 11.6 Å². The lowest BCUT2D eigenvalue weighted by Crippen LogP contribution is -2.36. The second-order valence-corrected chi connectivity index (χ2v) is 7.70. The Bertz CT molecular complexity index is 916. The molecule has 0 spiro atoms. The third-order valence-corrected chi connectivity index (χ3v) is 5.66. The standard InChI is InChI=1S/C22H23N3O2/c1-14-13-25(22(27)7-9-23)10-8-17(14)19-11-16(12-21(26)15-5-6-15)24-20-4-2-3-18(19)20/h2-3,11,15H,4-8,10,12-13H2,1H3. The minimum Gasteiger partial charge on any atom is -0.337 e. The Labute approximate surface area is 159 Å². The molecule has 1 amide bonds. The van der Waals surface area contributed by atoms with E-state index in [2.05, 4.69) is 25.1 Å². The van der Waals surface area contributed by atoms with Crippen LogP contribution in [-0.2, 0) is 22.4 Å². The van der Waals surface area contributed by atoms with E-state index < -0.39 is 0 Å². The Hall–Kier alpha value is -2.74. The number of Topliss-reactive ketones (excluding diaryl/α,β-unsaturated/α-hetero) is 1. The highest BCUT2D eigenvalue weighted by atomic mass is 16.2. The number of ketones is 1. The molecule has 0 saturated heterocycles. The topological polar surface area (TPSA) is 74.1 Å². The van der Waals surface area contributed by atoms with Crippen LogP contribution in [0.3, 0.4) is 0 Å². The van der Waals surface area contributed by atoms with E-state index in [-0.39, 0.29) is 18.2 Å². The van der Waals surface area contributed by atoms with Crippen molar-refractivity contribution >= 4 is 23.3 Å². The van der Waals surface area contributed by atoms with Crippen molar-refractivity contribution in [1.82, 2.24) is 9.88 Å². The number of hydrogen-bond donors (Lipinski definition) is 0. The third kappa shape index (κ3) is 3.57. The van der Waals surface area contributed by atoms with E-state index >= 15 is 0 Å². The van der Waals surface area contributed by atoms with Crippen LogP contribution >= 0.6 is 0 Å². The summed E-state index contributed by atoms with van der Waals surface area (Å²) in [6.07, 6.45) is 8.22. The van der Waals surface area contributed by atoms with Gasteiger partial charge in [-0.15, -0.1) is 0 Å². The zero-order valence-corrected chi connectivity index (χ0v) is 15.6. The monoisotopic (exact) mass is 361 g/mol. The number of nitriles is 1. The maximum Gasteiger partial charge on any atom is 0.237 e. The lowest BCUT2D eigenvalue weighted by Gasteiger charge is -2.30. The van der Waals surface area contributed by atoms with E-state index in [1.165, 1.54) is 5.57 Å². The SMILES string of the molecule is CC1=C(c2cc(CC(=O)C3CC3)nc3c2C=CC3)CCN(C(=O)CC#N)C1. The van der Waals surface area contributed by atoms with Crippen molar-refractivity contribution in [3.8, 4) is 6.07 Å². The second kappa shape index (κ2) is 7.11. The number of aromatic nitrogens is 1. The average molecular weight is 361 g/mol. The van der Waals surface area contributed by atoms with Gasteiger partial charge in [0.25, 0.3) is 0 Å². The van der Waals surface area contributed by atoms with Crippen LogP contribution in [0.2, 0.25) is 0 Å². The summed E-state index contributed by atoms with van der Waals surface area (Å²) < 4.78 is 0. The summed E-state index contributed by atoms with van der Waals surface area (Å²) in [5, 5.41) is 8.76. The first-order chi connectivity index (χ1) is 13.1. The normalized spacial score (nSPS) is 18.4. The first-order valence-corrected chi connectivity index (χ1v) is 9.62. The molecule has 1 aromatic rings. The Morgan fingerprint density at radius 2 is 2.19 bits per heavy atom. The molecule has 1 aromatic heterocycles. The lowest BCUT2D eigenvalue weighted by molar-refractivity contribution is -0.129. The highest BCUT2D eigenvalue weighted by molar-refractivity contribution is 5.86. The quantitative estimate of drug-likeness (QED) is 0.808. The molecule has 0 N–H and O–H groups in total. The van der Waals surface area contributed by atoms with Crippen LogP contribution in [0.15, 0.2) is 17.7 Å². The Kier molecular flexibility index (Phi) is 4.65. The predicted octanol–water partition coefficient (Wildman–Crippen LogP) is 3.09.